The van der Waals surface area contributed by atoms with Gasteiger partial charge in [0.2, 0.25) is 5.95 Å². The van der Waals surface area contributed by atoms with Gasteiger partial charge in [-0.1, -0.05) is 41.7 Å². The van der Waals surface area contributed by atoms with Crippen LogP contribution in [0.15, 0.2) is 35.4 Å². The van der Waals surface area contributed by atoms with Crippen LogP contribution in [0.3, 0.4) is 0 Å². The Morgan fingerprint density at radius 1 is 1.06 bits per heavy atom. The second-order valence-corrected chi connectivity index (χ2v) is 4.85. The monoisotopic (exact) mass is 260 g/mol. The van der Waals surface area contributed by atoms with E-state index >= 15 is 0 Å². The lowest BCUT2D eigenvalue weighted by Crippen LogP contribution is -1.94. The number of fused-ring (bicyclic) bond motifs is 1. The number of benzene rings is 1. The zero-order valence-electron chi connectivity index (χ0n) is 8.66. The fraction of sp³-hybridized carbons (Fsp3) is 0. The van der Waals surface area contributed by atoms with Crippen LogP contribution in [0.25, 0.3) is 20.9 Å². The van der Waals surface area contributed by atoms with Crippen LogP contribution in [-0.2, 0) is 0 Å². The average molecular weight is 260 g/mol. The summed E-state index contributed by atoms with van der Waals surface area (Å²) in [6, 6.07) is 9.93. The summed E-state index contributed by atoms with van der Waals surface area (Å²) in [6.45, 7) is 0. The van der Waals surface area contributed by atoms with Gasteiger partial charge < -0.3 is 5.73 Å². The Kier molecular flexibility index (Phi) is 2.45. The van der Waals surface area contributed by atoms with Crippen molar-refractivity contribution >= 4 is 40.3 Å². The molecular weight excluding hydrogens is 252 g/mol. The molecule has 0 atom stereocenters. The summed E-state index contributed by atoms with van der Waals surface area (Å²) in [5.74, 6) is 0.228. The van der Waals surface area contributed by atoms with Crippen molar-refractivity contribution in [1.82, 2.24) is 15.0 Å². The van der Waals surface area contributed by atoms with Crippen LogP contribution in [0.5, 0.6) is 0 Å². The minimum absolute atomic E-state index is 0.228. The fourth-order valence-electron chi connectivity index (χ4n) is 1.53. The Labute approximate surface area is 107 Å². The first-order chi connectivity index (χ1) is 8.24. The van der Waals surface area contributed by atoms with Crippen molar-refractivity contribution in [3.05, 3.63) is 30.3 Å². The van der Waals surface area contributed by atoms with Crippen LogP contribution >= 0.6 is 24.0 Å². The van der Waals surface area contributed by atoms with Gasteiger partial charge in [-0.05, 0) is 0 Å². The molecule has 1 aromatic carbocycles. The smallest absolute Gasteiger partial charge is 0.222 e. The van der Waals surface area contributed by atoms with E-state index in [9.17, 15) is 0 Å². The Bertz CT molecular complexity index is 679. The summed E-state index contributed by atoms with van der Waals surface area (Å²) < 4.78 is 0. The van der Waals surface area contributed by atoms with Gasteiger partial charge in [-0.15, -0.1) is 12.6 Å². The summed E-state index contributed by atoms with van der Waals surface area (Å²) in [5, 5.41) is 1.42. The van der Waals surface area contributed by atoms with Crippen molar-refractivity contribution in [2.45, 2.75) is 5.03 Å². The topological polar surface area (TPSA) is 64.7 Å². The molecular formula is C11H8N4S2. The summed E-state index contributed by atoms with van der Waals surface area (Å²) >= 11 is 5.75. The second-order valence-electron chi connectivity index (χ2n) is 3.44. The number of hydrogen-bond acceptors (Lipinski definition) is 6. The molecule has 3 aromatic rings. The largest absolute Gasteiger partial charge is 0.368 e. The molecule has 0 aliphatic carbocycles. The van der Waals surface area contributed by atoms with Gasteiger partial charge in [0, 0.05) is 5.56 Å². The Hall–Kier alpha value is -1.66. The van der Waals surface area contributed by atoms with Crippen molar-refractivity contribution in [3.8, 4) is 10.6 Å². The second kappa shape index (κ2) is 3.97. The van der Waals surface area contributed by atoms with Crippen LogP contribution < -0.4 is 5.73 Å². The van der Waals surface area contributed by atoms with Crippen LogP contribution in [0.1, 0.15) is 0 Å². The molecule has 0 spiro atoms. The lowest BCUT2D eigenvalue weighted by atomic mass is 10.2. The predicted molar refractivity (Wildman–Crippen MR) is 72.3 cm³/mol. The molecule has 0 aliphatic rings. The highest BCUT2D eigenvalue weighted by atomic mass is 32.1. The number of nitrogen functional groups attached to an aromatic ring is 1. The molecule has 2 heterocycles. The van der Waals surface area contributed by atoms with Gasteiger partial charge in [0.25, 0.3) is 0 Å². The molecule has 0 unspecified atom stereocenters. The number of hydrogen-bond donors (Lipinski definition) is 2. The van der Waals surface area contributed by atoms with Crippen molar-refractivity contribution in [2.24, 2.45) is 0 Å². The molecule has 4 nitrogen and oxygen atoms in total. The van der Waals surface area contributed by atoms with Crippen LogP contribution in [0.4, 0.5) is 5.95 Å². The zero-order valence-corrected chi connectivity index (χ0v) is 10.4. The number of aromatic nitrogens is 3. The normalized spacial score (nSPS) is 10.9. The zero-order chi connectivity index (χ0) is 11.8. The number of rotatable bonds is 1. The van der Waals surface area contributed by atoms with E-state index < -0.39 is 0 Å². The number of thiazole rings is 1. The molecule has 0 radical (unpaired) electrons. The molecule has 0 amide bonds. The number of thiol groups is 1. The van der Waals surface area contributed by atoms with Crippen LogP contribution in [0, 0.1) is 0 Å². The summed E-state index contributed by atoms with van der Waals surface area (Å²) in [7, 11) is 0. The van der Waals surface area contributed by atoms with Crippen molar-refractivity contribution in [2.75, 3.05) is 5.73 Å². The summed E-state index contributed by atoms with van der Waals surface area (Å²) in [4.78, 5) is 13.4. The van der Waals surface area contributed by atoms with Gasteiger partial charge in [0.05, 0.1) is 0 Å². The quantitative estimate of drug-likeness (QED) is 0.521. The molecule has 2 N–H and O–H groups in total. The molecule has 0 saturated carbocycles. The van der Waals surface area contributed by atoms with E-state index in [4.69, 9.17) is 5.73 Å². The summed E-state index contributed by atoms with van der Waals surface area (Å²) in [5.41, 5.74) is 7.34. The van der Waals surface area contributed by atoms with Crippen molar-refractivity contribution in [3.63, 3.8) is 0 Å². The third-order valence-electron chi connectivity index (χ3n) is 2.28. The van der Waals surface area contributed by atoms with Gasteiger partial charge in [-0.2, -0.15) is 0 Å². The Morgan fingerprint density at radius 3 is 2.59 bits per heavy atom. The first kappa shape index (κ1) is 10.5. The molecule has 0 aliphatic heterocycles. The molecule has 3 rings (SSSR count). The van der Waals surface area contributed by atoms with Crippen LogP contribution in [-0.4, -0.2) is 15.0 Å². The third kappa shape index (κ3) is 1.85. The van der Waals surface area contributed by atoms with Crippen LogP contribution in [0.2, 0.25) is 0 Å². The van der Waals surface area contributed by atoms with Gasteiger partial charge in [-0.25, -0.2) is 15.0 Å². The fourth-order valence-corrected chi connectivity index (χ4v) is 2.81. The first-order valence-corrected chi connectivity index (χ1v) is 6.19. The number of anilines is 1. The molecule has 6 heteroatoms. The van der Waals surface area contributed by atoms with E-state index in [0.717, 1.165) is 15.4 Å². The van der Waals surface area contributed by atoms with Gasteiger partial charge >= 0.3 is 0 Å². The van der Waals surface area contributed by atoms with Gasteiger partial charge in [-0.3, -0.25) is 0 Å². The number of nitrogens with two attached hydrogens (primary N) is 1. The standard InChI is InChI=1S/C11H8N4S2/c12-11-14-8(16)7-10(15-11)17-9(13-7)6-4-2-1-3-5-6/h1-5H,(H3,12,14,15,16). The molecule has 0 fully saturated rings. The van der Waals surface area contributed by atoms with E-state index in [1.165, 1.54) is 11.3 Å². The molecule has 17 heavy (non-hydrogen) atoms. The molecule has 84 valence electrons. The maximum absolute atomic E-state index is 5.58. The van der Waals surface area contributed by atoms with E-state index in [-0.39, 0.29) is 5.95 Å². The molecule has 2 aromatic heterocycles. The highest BCUT2D eigenvalue weighted by Crippen LogP contribution is 2.31. The van der Waals surface area contributed by atoms with E-state index in [0.29, 0.717) is 10.5 Å². The van der Waals surface area contributed by atoms with Gasteiger partial charge in [0.1, 0.15) is 15.6 Å². The minimum Gasteiger partial charge on any atom is -0.368 e. The van der Waals surface area contributed by atoms with Crippen molar-refractivity contribution in [1.29, 1.82) is 0 Å². The third-order valence-corrected chi connectivity index (χ3v) is 3.59. The van der Waals surface area contributed by atoms with Crippen molar-refractivity contribution < 1.29 is 0 Å². The molecule has 0 saturated heterocycles. The minimum atomic E-state index is 0.228. The van der Waals surface area contributed by atoms with E-state index in [1.807, 2.05) is 30.3 Å². The van der Waals surface area contributed by atoms with E-state index in [1.54, 1.807) is 0 Å². The Morgan fingerprint density at radius 2 is 1.82 bits per heavy atom. The number of nitrogens with zero attached hydrogens (tertiary/aromatic N) is 3. The summed E-state index contributed by atoms with van der Waals surface area (Å²) in [6.07, 6.45) is 0. The van der Waals surface area contributed by atoms with Gasteiger partial charge in [0.15, 0.2) is 4.83 Å². The lowest BCUT2D eigenvalue weighted by molar-refractivity contribution is 1.12. The Balaban J connectivity index is 2.24. The average Bonchev–Trinajstić information content (AvgIpc) is 2.74. The predicted octanol–water partition coefficient (Wildman–Crippen LogP) is 2.62. The molecule has 0 bridgehead atoms. The van der Waals surface area contributed by atoms with E-state index in [2.05, 4.69) is 27.6 Å². The maximum atomic E-state index is 5.58. The first-order valence-electron chi connectivity index (χ1n) is 4.92. The maximum Gasteiger partial charge on any atom is 0.222 e. The lowest BCUT2D eigenvalue weighted by Gasteiger charge is -1.93. The highest BCUT2D eigenvalue weighted by Gasteiger charge is 2.11. The SMILES string of the molecule is Nc1nc(S)c2nc(-c3ccccc3)sc2n1. The highest BCUT2D eigenvalue weighted by molar-refractivity contribution is 7.80.